The summed E-state index contributed by atoms with van der Waals surface area (Å²) in [7, 11) is 0. The molecule has 2 fully saturated rings. The molecule has 3 atom stereocenters. The Hall–Kier alpha value is -0.900. The molecule has 2 heterocycles. The van der Waals surface area contributed by atoms with Gasteiger partial charge in [0.25, 0.3) is 0 Å². The van der Waals surface area contributed by atoms with Gasteiger partial charge in [0.1, 0.15) is 0 Å². The lowest BCUT2D eigenvalue weighted by Gasteiger charge is -2.41. The Morgan fingerprint density at radius 3 is 2.71 bits per heavy atom. The van der Waals surface area contributed by atoms with Gasteiger partial charge in [0.15, 0.2) is 0 Å². The quantitative estimate of drug-likeness (QED) is 0.922. The predicted molar refractivity (Wildman–Crippen MR) is 88.1 cm³/mol. The highest BCUT2D eigenvalue weighted by Crippen LogP contribution is 2.27. The fourth-order valence-corrected chi connectivity index (χ4v) is 4.05. The maximum absolute atomic E-state index is 6.03. The van der Waals surface area contributed by atoms with Crippen LogP contribution in [0.25, 0.3) is 0 Å². The van der Waals surface area contributed by atoms with Gasteiger partial charge >= 0.3 is 0 Å². The van der Waals surface area contributed by atoms with E-state index in [0.717, 1.165) is 25.0 Å². The average molecular weight is 287 g/mol. The van der Waals surface area contributed by atoms with Crippen LogP contribution in [0.4, 0.5) is 0 Å². The zero-order valence-electron chi connectivity index (χ0n) is 13.2. The molecule has 0 radical (unpaired) electrons. The molecule has 3 heteroatoms. The van der Waals surface area contributed by atoms with Gasteiger partial charge in [0, 0.05) is 38.3 Å². The van der Waals surface area contributed by atoms with E-state index in [1.807, 2.05) is 0 Å². The summed E-state index contributed by atoms with van der Waals surface area (Å²) in [5.41, 5.74) is 7.46. The first-order valence-corrected chi connectivity index (χ1v) is 8.48. The van der Waals surface area contributed by atoms with Crippen LogP contribution >= 0.6 is 0 Å². The van der Waals surface area contributed by atoms with Crippen molar-refractivity contribution >= 4 is 0 Å². The van der Waals surface area contributed by atoms with Gasteiger partial charge in [0.2, 0.25) is 0 Å². The zero-order valence-corrected chi connectivity index (χ0v) is 13.2. The summed E-state index contributed by atoms with van der Waals surface area (Å²) in [5.74, 6) is 0.844. The SMILES string of the molecule is CC1CCN(C2CCN(Cc3ccccc3)C2)C(CN)C1. The van der Waals surface area contributed by atoms with Crippen molar-refractivity contribution in [3.63, 3.8) is 0 Å². The second-order valence-electron chi connectivity index (χ2n) is 6.92. The van der Waals surface area contributed by atoms with Crippen LogP contribution in [0.15, 0.2) is 30.3 Å². The minimum atomic E-state index is 0.607. The summed E-state index contributed by atoms with van der Waals surface area (Å²) in [6, 6.07) is 12.2. The van der Waals surface area contributed by atoms with Gasteiger partial charge in [-0.05, 0) is 37.3 Å². The molecule has 3 rings (SSSR count). The monoisotopic (exact) mass is 287 g/mol. The van der Waals surface area contributed by atoms with E-state index in [1.54, 1.807) is 0 Å². The van der Waals surface area contributed by atoms with Crippen molar-refractivity contribution in [1.82, 2.24) is 9.80 Å². The van der Waals surface area contributed by atoms with Crippen molar-refractivity contribution in [3.05, 3.63) is 35.9 Å². The van der Waals surface area contributed by atoms with Crippen LogP contribution < -0.4 is 5.73 Å². The lowest BCUT2D eigenvalue weighted by molar-refractivity contribution is 0.0782. The molecule has 3 nitrogen and oxygen atoms in total. The van der Waals surface area contributed by atoms with E-state index >= 15 is 0 Å². The molecule has 2 aliphatic heterocycles. The van der Waals surface area contributed by atoms with Gasteiger partial charge in [0.05, 0.1) is 0 Å². The maximum Gasteiger partial charge on any atom is 0.0238 e. The van der Waals surface area contributed by atoms with Crippen molar-refractivity contribution in [3.8, 4) is 0 Å². The van der Waals surface area contributed by atoms with Crippen LogP contribution in [-0.2, 0) is 6.54 Å². The van der Waals surface area contributed by atoms with Gasteiger partial charge in [-0.15, -0.1) is 0 Å². The molecule has 3 unspecified atom stereocenters. The molecule has 2 saturated heterocycles. The van der Waals surface area contributed by atoms with Gasteiger partial charge in [-0.3, -0.25) is 9.80 Å². The molecule has 2 N–H and O–H groups in total. The van der Waals surface area contributed by atoms with Crippen LogP contribution in [0.2, 0.25) is 0 Å². The van der Waals surface area contributed by atoms with E-state index in [1.165, 1.54) is 44.5 Å². The van der Waals surface area contributed by atoms with Gasteiger partial charge in [-0.2, -0.15) is 0 Å². The van der Waals surface area contributed by atoms with Crippen molar-refractivity contribution in [2.45, 2.75) is 44.8 Å². The van der Waals surface area contributed by atoms with Crippen molar-refractivity contribution < 1.29 is 0 Å². The first-order valence-electron chi connectivity index (χ1n) is 8.48. The summed E-state index contributed by atoms with van der Waals surface area (Å²) in [5, 5.41) is 0. The Morgan fingerprint density at radius 1 is 1.14 bits per heavy atom. The standard InChI is InChI=1S/C18H29N3/c1-15-7-10-21(18(11-15)12-19)17-8-9-20(14-17)13-16-5-3-2-4-6-16/h2-6,15,17-18H,7-14,19H2,1H3. The molecule has 0 aliphatic carbocycles. The molecule has 21 heavy (non-hydrogen) atoms. The molecule has 116 valence electrons. The summed E-state index contributed by atoms with van der Waals surface area (Å²) in [4.78, 5) is 5.32. The highest BCUT2D eigenvalue weighted by atomic mass is 15.3. The van der Waals surface area contributed by atoms with Crippen LogP contribution in [0.3, 0.4) is 0 Å². The summed E-state index contributed by atoms with van der Waals surface area (Å²) in [6.45, 7) is 7.96. The third-order valence-electron chi connectivity index (χ3n) is 5.26. The van der Waals surface area contributed by atoms with E-state index in [0.29, 0.717) is 6.04 Å². The fraction of sp³-hybridized carbons (Fsp3) is 0.667. The van der Waals surface area contributed by atoms with E-state index in [2.05, 4.69) is 47.1 Å². The number of nitrogens with two attached hydrogens (primary N) is 1. The highest BCUT2D eigenvalue weighted by Gasteiger charge is 2.34. The van der Waals surface area contributed by atoms with Gasteiger partial charge in [-0.25, -0.2) is 0 Å². The van der Waals surface area contributed by atoms with Crippen LogP contribution in [0.5, 0.6) is 0 Å². The molecule has 1 aromatic rings. The second-order valence-corrected chi connectivity index (χ2v) is 6.92. The molecule has 0 saturated carbocycles. The highest BCUT2D eigenvalue weighted by molar-refractivity contribution is 5.14. The molecule has 0 spiro atoms. The lowest BCUT2D eigenvalue weighted by Crippen LogP contribution is -2.51. The van der Waals surface area contributed by atoms with Gasteiger partial charge < -0.3 is 5.73 Å². The minimum absolute atomic E-state index is 0.607. The lowest BCUT2D eigenvalue weighted by atomic mass is 9.91. The number of hydrogen-bond acceptors (Lipinski definition) is 3. The average Bonchev–Trinajstić information content (AvgIpc) is 2.96. The first kappa shape index (κ1) is 15.0. The zero-order chi connectivity index (χ0) is 14.7. The van der Waals surface area contributed by atoms with Crippen molar-refractivity contribution in [2.24, 2.45) is 11.7 Å². The van der Waals surface area contributed by atoms with Crippen LogP contribution in [0, 0.1) is 5.92 Å². The number of benzene rings is 1. The Labute approximate surface area is 129 Å². The Bertz CT molecular complexity index is 433. The Morgan fingerprint density at radius 2 is 1.95 bits per heavy atom. The molecular formula is C18H29N3. The second kappa shape index (κ2) is 6.91. The number of likely N-dealkylation sites (tertiary alicyclic amines) is 2. The molecular weight excluding hydrogens is 258 g/mol. The number of nitrogens with zero attached hydrogens (tertiary/aromatic N) is 2. The molecule has 0 amide bonds. The van der Waals surface area contributed by atoms with E-state index < -0.39 is 0 Å². The van der Waals surface area contributed by atoms with Gasteiger partial charge in [-0.1, -0.05) is 37.3 Å². The fourth-order valence-electron chi connectivity index (χ4n) is 4.05. The summed E-state index contributed by atoms with van der Waals surface area (Å²) >= 11 is 0. The van der Waals surface area contributed by atoms with Crippen molar-refractivity contribution in [2.75, 3.05) is 26.2 Å². The summed E-state index contributed by atoms with van der Waals surface area (Å²) in [6.07, 6.45) is 3.93. The Balaban J connectivity index is 1.56. The van der Waals surface area contributed by atoms with E-state index in [4.69, 9.17) is 5.73 Å². The predicted octanol–water partition coefficient (Wildman–Crippen LogP) is 2.32. The van der Waals surface area contributed by atoms with E-state index in [9.17, 15) is 0 Å². The van der Waals surface area contributed by atoms with Crippen molar-refractivity contribution in [1.29, 1.82) is 0 Å². The largest absolute Gasteiger partial charge is 0.329 e. The minimum Gasteiger partial charge on any atom is -0.329 e. The topological polar surface area (TPSA) is 32.5 Å². The molecule has 0 aromatic heterocycles. The van der Waals surface area contributed by atoms with Crippen LogP contribution in [0.1, 0.15) is 31.7 Å². The summed E-state index contributed by atoms with van der Waals surface area (Å²) < 4.78 is 0. The van der Waals surface area contributed by atoms with Crippen LogP contribution in [-0.4, -0.2) is 48.1 Å². The molecule has 1 aromatic carbocycles. The Kier molecular flexibility index (Phi) is 4.94. The third-order valence-corrected chi connectivity index (χ3v) is 5.26. The molecule has 0 bridgehead atoms. The smallest absolute Gasteiger partial charge is 0.0238 e. The number of rotatable bonds is 4. The maximum atomic E-state index is 6.03. The number of hydrogen-bond donors (Lipinski definition) is 1. The molecule has 2 aliphatic rings. The third kappa shape index (κ3) is 3.65. The number of piperidine rings is 1. The first-order chi connectivity index (χ1) is 10.3. The van der Waals surface area contributed by atoms with E-state index in [-0.39, 0.29) is 0 Å². The normalized spacial score (nSPS) is 31.6.